The van der Waals surface area contributed by atoms with Crippen molar-refractivity contribution in [2.75, 3.05) is 57.8 Å². The Hall–Kier alpha value is -1.43. The maximum absolute atomic E-state index is 11.1. The molecule has 1 amide bonds. The fraction of sp³-hybridized carbons (Fsp3) is 0.619. The highest BCUT2D eigenvalue weighted by molar-refractivity contribution is 14.0. The van der Waals surface area contributed by atoms with Crippen LogP contribution in [0.5, 0.6) is 0 Å². The molecule has 9 heteroatoms. The van der Waals surface area contributed by atoms with Gasteiger partial charge in [0.25, 0.3) is 0 Å². The summed E-state index contributed by atoms with van der Waals surface area (Å²) in [6.07, 6.45) is 0.828. The lowest BCUT2D eigenvalue weighted by Crippen LogP contribution is -2.48. The topological polar surface area (TPSA) is 98.2 Å². The Morgan fingerprint density at radius 2 is 1.90 bits per heavy atom. The molecule has 1 aliphatic rings. The van der Waals surface area contributed by atoms with E-state index in [1.54, 1.807) is 0 Å². The summed E-state index contributed by atoms with van der Waals surface area (Å²) in [7, 11) is 0. The first kappa shape index (κ1) is 26.6. The molecule has 1 unspecified atom stereocenters. The van der Waals surface area contributed by atoms with Gasteiger partial charge in [-0.25, -0.2) is 0 Å². The van der Waals surface area contributed by atoms with Crippen molar-refractivity contribution in [1.82, 2.24) is 15.5 Å². The molecule has 1 atom stereocenters. The highest BCUT2D eigenvalue weighted by Crippen LogP contribution is 2.10. The highest BCUT2D eigenvalue weighted by atomic mass is 127. The standard InChI is InChI=1S/C21H35N5O3.HI/c1-4-22-20(24-15-21(3,28)16-26-11-13-29-14-12-26)23-10-9-18-5-7-19(8-6-18)25-17(2)27;/h5-8,28H,4,9-16H2,1-3H3,(H,25,27)(H2,22,23,24);1H. The van der Waals surface area contributed by atoms with Crippen LogP contribution in [0.25, 0.3) is 0 Å². The molecule has 1 fully saturated rings. The molecule has 1 heterocycles. The maximum atomic E-state index is 11.1. The predicted molar refractivity (Wildman–Crippen MR) is 132 cm³/mol. The Morgan fingerprint density at radius 1 is 1.23 bits per heavy atom. The van der Waals surface area contributed by atoms with E-state index < -0.39 is 5.60 Å². The minimum absolute atomic E-state index is 0. The number of carbonyl (C=O) groups excluding carboxylic acids is 1. The Kier molecular flexibility index (Phi) is 12.2. The number of hydrogen-bond donors (Lipinski definition) is 4. The minimum Gasteiger partial charge on any atom is -0.387 e. The van der Waals surface area contributed by atoms with E-state index in [1.165, 1.54) is 12.5 Å². The molecule has 0 aromatic heterocycles. The summed E-state index contributed by atoms with van der Waals surface area (Å²) in [4.78, 5) is 17.9. The quantitative estimate of drug-likeness (QED) is 0.218. The number of benzene rings is 1. The van der Waals surface area contributed by atoms with Gasteiger partial charge in [-0.2, -0.15) is 0 Å². The number of nitrogens with one attached hydrogen (secondary N) is 3. The van der Waals surface area contributed by atoms with Gasteiger partial charge in [-0.3, -0.25) is 14.7 Å². The molecule has 0 bridgehead atoms. The van der Waals surface area contributed by atoms with Crippen LogP contribution in [-0.2, 0) is 16.0 Å². The molecule has 4 N–H and O–H groups in total. The number of hydrogen-bond acceptors (Lipinski definition) is 5. The first-order valence-corrected chi connectivity index (χ1v) is 10.3. The van der Waals surface area contributed by atoms with Crippen LogP contribution in [0.3, 0.4) is 0 Å². The Morgan fingerprint density at radius 3 is 2.50 bits per heavy atom. The zero-order chi connectivity index (χ0) is 21.1. The number of aliphatic hydroxyl groups is 1. The summed E-state index contributed by atoms with van der Waals surface area (Å²) in [6, 6.07) is 7.81. The number of halogens is 1. The number of aliphatic imine (C=N–C) groups is 1. The van der Waals surface area contributed by atoms with Gasteiger partial charge in [0.15, 0.2) is 5.96 Å². The normalized spacial score (nSPS) is 16.9. The van der Waals surface area contributed by atoms with Crippen molar-refractivity contribution in [3.8, 4) is 0 Å². The number of rotatable bonds is 9. The van der Waals surface area contributed by atoms with Gasteiger partial charge in [0.05, 0.1) is 25.4 Å². The summed E-state index contributed by atoms with van der Waals surface area (Å²) < 4.78 is 5.36. The van der Waals surface area contributed by atoms with Crippen molar-refractivity contribution in [2.45, 2.75) is 32.8 Å². The van der Waals surface area contributed by atoms with E-state index in [2.05, 4.69) is 25.8 Å². The van der Waals surface area contributed by atoms with E-state index in [-0.39, 0.29) is 29.9 Å². The molecule has 0 radical (unpaired) electrons. The summed E-state index contributed by atoms with van der Waals surface area (Å²) in [5, 5.41) is 20.0. The maximum Gasteiger partial charge on any atom is 0.221 e. The molecular weight excluding hydrogens is 497 g/mol. The van der Waals surface area contributed by atoms with Gasteiger partial charge < -0.3 is 25.8 Å². The van der Waals surface area contributed by atoms with E-state index >= 15 is 0 Å². The second-order valence-corrected chi connectivity index (χ2v) is 7.64. The zero-order valence-electron chi connectivity index (χ0n) is 18.2. The van der Waals surface area contributed by atoms with Crippen LogP contribution < -0.4 is 16.0 Å². The van der Waals surface area contributed by atoms with Crippen LogP contribution >= 0.6 is 24.0 Å². The molecule has 1 aromatic rings. The number of β-amino-alcohol motifs (C(OH)–C–C–N with tert-alkyl or cyclic N) is 1. The number of guanidine groups is 1. The molecule has 0 saturated carbocycles. The van der Waals surface area contributed by atoms with E-state index in [1.807, 2.05) is 38.1 Å². The lowest BCUT2D eigenvalue weighted by Gasteiger charge is -2.33. The first-order valence-electron chi connectivity index (χ1n) is 10.3. The molecule has 170 valence electrons. The number of ether oxygens (including phenoxy) is 1. The van der Waals surface area contributed by atoms with E-state index in [0.717, 1.165) is 51.5 Å². The fourth-order valence-electron chi connectivity index (χ4n) is 3.17. The number of anilines is 1. The predicted octanol–water partition coefficient (Wildman–Crippen LogP) is 1.44. The van der Waals surface area contributed by atoms with Gasteiger partial charge in [0.1, 0.15) is 0 Å². The second-order valence-electron chi connectivity index (χ2n) is 7.64. The Bertz CT molecular complexity index is 661. The number of amides is 1. The monoisotopic (exact) mass is 533 g/mol. The Balaban J connectivity index is 0.00000450. The van der Waals surface area contributed by atoms with Gasteiger partial charge in [-0.1, -0.05) is 12.1 Å². The second kappa shape index (κ2) is 13.8. The summed E-state index contributed by atoms with van der Waals surface area (Å²) in [5.74, 6) is 0.625. The van der Waals surface area contributed by atoms with Crippen molar-refractivity contribution in [1.29, 1.82) is 0 Å². The smallest absolute Gasteiger partial charge is 0.221 e. The third-order valence-electron chi connectivity index (χ3n) is 4.57. The molecule has 0 spiro atoms. The number of nitrogens with zero attached hydrogens (tertiary/aromatic N) is 2. The molecule has 2 rings (SSSR count). The van der Waals surface area contributed by atoms with Crippen molar-refractivity contribution < 1.29 is 14.6 Å². The summed E-state index contributed by atoms with van der Waals surface area (Å²) in [6.45, 7) is 10.8. The van der Waals surface area contributed by atoms with E-state index in [4.69, 9.17) is 4.74 Å². The van der Waals surface area contributed by atoms with Gasteiger partial charge in [0.2, 0.25) is 5.91 Å². The molecule has 1 saturated heterocycles. The van der Waals surface area contributed by atoms with Crippen LogP contribution in [0.4, 0.5) is 5.69 Å². The lowest BCUT2D eigenvalue weighted by molar-refractivity contribution is -0.114. The van der Waals surface area contributed by atoms with Crippen molar-refractivity contribution in [3.63, 3.8) is 0 Å². The lowest BCUT2D eigenvalue weighted by atomic mass is 10.1. The Labute approximate surface area is 196 Å². The van der Waals surface area contributed by atoms with Gasteiger partial charge >= 0.3 is 0 Å². The molecule has 0 aliphatic carbocycles. The fourth-order valence-corrected chi connectivity index (χ4v) is 3.17. The third-order valence-corrected chi connectivity index (χ3v) is 4.57. The highest BCUT2D eigenvalue weighted by Gasteiger charge is 2.25. The third kappa shape index (κ3) is 10.6. The van der Waals surface area contributed by atoms with Crippen molar-refractivity contribution in [3.05, 3.63) is 29.8 Å². The minimum atomic E-state index is -0.890. The average Bonchev–Trinajstić information content (AvgIpc) is 2.67. The van der Waals surface area contributed by atoms with Crippen LogP contribution in [-0.4, -0.2) is 80.0 Å². The van der Waals surface area contributed by atoms with E-state index in [9.17, 15) is 9.90 Å². The van der Waals surface area contributed by atoms with Crippen LogP contribution in [0.1, 0.15) is 26.3 Å². The SMILES string of the molecule is CCNC(=NCC(C)(O)CN1CCOCC1)NCCc1ccc(NC(C)=O)cc1.I. The van der Waals surface area contributed by atoms with Crippen LogP contribution in [0.2, 0.25) is 0 Å². The van der Waals surface area contributed by atoms with Crippen LogP contribution in [0, 0.1) is 0 Å². The summed E-state index contributed by atoms with van der Waals surface area (Å²) >= 11 is 0. The van der Waals surface area contributed by atoms with Crippen molar-refractivity contribution in [2.24, 2.45) is 4.99 Å². The van der Waals surface area contributed by atoms with Gasteiger partial charge in [-0.05, 0) is 38.0 Å². The average molecular weight is 533 g/mol. The van der Waals surface area contributed by atoms with E-state index in [0.29, 0.717) is 19.0 Å². The molecule has 1 aromatic carbocycles. The molecule has 30 heavy (non-hydrogen) atoms. The zero-order valence-corrected chi connectivity index (χ0v) is 20.6. The first-order chi connectivity index (χ1) is 13.9. The van der Waals surface area contributed by atoms with Gasteiger partial charge in [-0.15, -0.1) is 24.0 Å². The molecular formula is C21H36IN5O3. The van der Waals surface area contributed by atoms with Crippen LogP contribution in [0.15, 0.2) is 29.3 Å². The molecule has 8 nitrogen and oxygen atoms in total. The number of carbonyl (C=O) groups is 1. The molecule has 1 aliphatic heterocycles. The van der Waals surface area contributed by atoms with Gasteiger partial charge in [0, 0.05) is 45.3 Å². The largest absolute Gasteiger partial charge is 0.387 e. The van der Waals surface area contributed by atoms with Crippen molar-refractivity contribution >= 4 is 41.5 Å². The number of morpholine rings is 1. The summed E-state index contributed by atoms with van der Waals surface area (Å²) in [5.41, 5.74) is 1.08.